The molecule has 1 rings (SSSR count). The molecular weight excluding hydrogens is 146 g/mol. The van der Waals surface area contributed by atoms with E-state index in [1.807, 2.05) is 0 Å². The van der Waals surface area contributed by atoms with E-state index in [-0.39, 0.29) is 0 Å². The van der Waals surface area contributed by atoms with Crippen LogP contribution in [-0.2, 0) is 9.59 Å². The van der Waals surface area contributed by atoms with Gasteiger partial charge in [0.25, 0.3) is 0 Å². The van der Waals surface area contributed by atoms with Gasteiger partial charge in [-0.1, -0.05) is 6.58 Å². The molecule has 0 aromatic carbocycles. The molecule has 1 saturated carbocycles. The van der Waals surface area contributed by atoms with Gasteiger partial charge in [0.15, 0.2) is 0 Å². The van der Waals surface area contributed by atoms with Gasteiger partial charge in [-0.3, -0.25) is 9.59 Å². The average Bonchev–Trinajstić information content (AvgIpc) is 2.66. The first-order chi connectivity index (χ1) is 5.13. The minimum atomic E-state index is -1.14. The van der Waals surface area contributed by atoms with Crippen LogP contribution in [0.25, 0.3) is 0 Å². The second kappa shape index (κ2) is 2.38. The van der Waals surface area contributed by atoms with Gasteiger partial charge in [0.05, 0.1) is 0 Å². The Balaban J connectivity index is 2.65. The van der Waals surface area contributed by atoms with E-state index in [1.54, 1.807) is 0 Å². The predicted octanol–water partition coefficient (Wildman–Crippen LogP) is 0.111. The van der Waals surface area contributed by atoms with Gasteiger partial charge in [0.1, 0.15) is 5.41 Å². The third-order valence-electron chi connectivity index (χ3n) is 1.83. The van der Waals surface area contributed by atoms with E-state index in [0.29, 0.717) is 12.8 Å². The Bertz CT molecular complexity index is 218. The van der Waals surface area contributed by atoms with Crippen LogP contribution in [0.4, 0.5) is 0 Å². The van der Waals surface area contributed by atoms with E-state index in [0.717, 1.165) is 0 Å². The summed E-state index contributed by atoms with van der Waals surface area (Å²) in [6.07, 6.45) is 2.06. The standard InChI is InChI=1S/C7H9NO3/c1-2-8-5(9)7(3-4-7)6(10)11/h2H,1,3-4H2,(H,8,9)(H,10,11). The van der Waals surface area contributed by atoms with Crippen LogP contribution in [0.1, 0.15) is 12.8 Å². The number of carbonyl (C=O) groups excluding carboxylic acids is 1. The van der Waals surface area contributed by atoms with Crippen molar-refractivity contribution in [1.29, 1.82) is 0 Å². The van der Waals surface area contributed by atoms with E-state index in [4.69, 9.17) is 5.11 Å². The summed E-state index contributed by atoms with van der Waals surface area (Å²) >= 11 is 0. The van der Waals surface area contributed by atoms with Crippen LogP contribution in [0, 0.1) is 5.41 Å². The number of rotatable bonds is 3. The maximum Gasteiger partial charge on any atom is 0.319 e. The fraction of sp³-hybridized carbons (Fsp3) is 0.429. The summed E-state index contributed by atoms with van der Waals surface area (Å²) in [5, 5.41) is 10.9. The highest BCUT2D eigenvalue weighted by atomic mass is 16.4. The summed E-state index contributed by atoms with van der Waals surface area (Å²) in [7, 11) is 0. The second-order valence-corrected chi connectivity index (χ2v) is 2.56. The van der Waals surface area contributed by atoms with E-state index >= 15 is 0 Å². The molecule has 1 aliphatic rings. The van der Waals surface area contributed by atoms with Crippen LogP contribution >= 0.6 is 0 Å². The number of nitrogens with one attached hydrogen (secondary N) is 1. The zero-order valence-electron chi connectivity index (χ0n) is 5.96. The molecule has 0 aliphatic heterocycles. The van der Waals surface area contributed by atoms with Gasteiger partial charge in [0.2, 0.25) is 5.91 Å². The molecule has 4 nitrogen and oxygen atoms in total. The summed E-state index contributed by atoms with van der Waals surface area (Å²) in [5.74, 6) is -1.50. The maximum absolute atomic E-state index is 11.0. The van der Waals surface area contributed by atoms with Gasteiger partial charge < -0.3 is 10.4 Å². The minimum absolute atomic E-state index is 0.433. The van der Waals surface area contributed by atoms with Gasteiger partial charge >= 0.3 is 5.97 Å². The van der Waals surface area contributed by atoms with Crippen molar-refractivity contribution >= 4 is 11.9 Å². The Morgan fingerprint density at radius 1 is 1.55 bits per heavy atom. The highest BCUT2D eigenvalue weighted by Gasteiger charge is 2.56. The third-order valence-corrected chi connectivity index (χ3v) is 1.83. The van der Waals surface area contributed by atoms with E-state index in [1.165, 1.54) is 6.20 Å². The quantitative estimate of drug-likeness (QED) is 0.568. The van der Waals surface area contributed by atoms with Crippen molar-refractivity contribution < 1.29 is 14.7 Å². The summed E-state index contributed by atoms with van der Waals surface area (Å²) in [5.41, 5.74) is -1.14. The first kappa shape index (κ1) is 7.78. The van der Waals surface area contributed by atoms with Crippen molar-refractivity contribution in [2.45, 2.75) is 12.8 Å². The van der Waals surface area contributed by atoms with Crippen molar-refractivity contribution in [2.75, 3.05) is 0 Å². The fourth-order valence-electron chi connectivity index (χ4n) is 0.894. The van der Waals surface area contributed by atoms with E-state index in [9.17, 15) is 9.59 Å². The molecule has 1 amide bonds. The average molecular weight is 155 g/mol. The zero-order valence-corrected chi connectivity index (χ0v) is 5.96. The van der Waals surface area contributed by atoms with E-state index < -0.39 is 17.3 Å². The monoisotopic (exact) mass is 155 g/mol. The van der Waals surface area contributed by atoms with Gasteiger partial charge in [-0.2, -0.15) is 0 Å². The van der Waals surface area contributed by atoms with Gasteiger partial charge in [-0.05, 0) is 19.0 Å². The summed E-state index contributed by atoms with van der Waals surface area (Å²) in [6.45, 7) is 3.28. The van der Waals surface area contributed by atoms with Crippen LogP contribution in [0.5, 0.6) is 0 Å². The second-order valence-electron chi connectivity index (χ2n) is 2.56. The van der Waals surface area contributed by atoms with Crippen molar-refractivity contribution in [3.63, 3.8) is 0 Å². The molecule has 0 unspecified atom stereocenters. The normalized spacial score (nSPS) is 18.5. The van der Waals surface area contributed by atoms with Gasteiger partial charge in [0, 0.05) is 0 Å². The first-order valence-electron chi connectivity index (χ1n) is 3.29. The topological polar surface area (TPSA) is 66.4 Å². The lowest BCUT2D eigenvalue weighted by atomic mass is 10.1. The van der Waals surface area contributed by atoms with Gasteiger partial charge in [-0.15, -0.1) is 0 Å². The van der Waals surface area contributed by atoms with E-state index in [2.05, 4.69) is 11.9 Å². The fourth-order valence-corrected chi connectivity index (χ4v) is 0.894. The molecule has 0 spiro atoms. The molecule has 0 saturated heterocycles. The van der Waals surface area contributed by atoms with Crippen LogP contribution in [0.3, 0.4) is 0 Å². The SMILES string of the molecule is C=CNC(=O)C1(C(=O)O)CC1. The lowest BCUT2D eigenvalue weighted by Gasteiger charge is -2.06. The smallest absolute Gasteiger partial charge is 0.319 e. The molecule has 0 aromatic rings. The van der Waals surface area contributed by atoms with Crippen molar-refractivity contribution in [3.05, 3.63) is 12.8 Å². The summed E-state index contributed by atoms with van der Waals surface area (Å²) in [4.78, 5) is 21.5. The Kier molecular flexibility index (Phi) is 1.68. The highest BCUT2D eigenvalue weighted by molar-refractivity contribution is 6.05. The summed E-state index contributed by atoms with van der Waals surface area (Å²) in [6, 6.07) is 0. The van der Waals surface area contributed by atoms with Crippen LogP contribution < -0.4 is 5.32 Å². The third kappa shape index (κ3) is 1.11. The largest absolute Gasteiger partial charge is 0.480 e. The molecule has 1 aliphatic carbocycles. The first-order valence-corrected chi connectivity index (χ1v) is 3.29. The van der Waals surface area contributed by atoms with Crippen LogP contribution in [0.15, 0.2) is 12.8 Å². The molecular formula is C7H9NO3. The minimum Gasteiger partial charge on any atom is -0.480 e. The molecule has 0 radical (unpaired) electrons. The number of hydrogen-bond acceptors (Lipinski definition) is 2. The Hall–Kier alpha value is -1.32. The molecule has 1 fully saturated rings. The molecule has 60 valence electrons. The molecule has 11 heavy (non-hydrogen) atoms. The molecule has 0 bridgehead atoms. The lowest BCUT2D eigenvalue weighted by molar-refractivity contribution is -0.148. The zero-order chi connectivity index (χ0) is 8.48. The number of carboxylic acid groups (broad SMARTS) is 1. The number of carbonyl (C=O) groups is 2. The molecule has 4 heteroatoms. The summed E-state index contributed by atoms with van der Waals surface area (Å²) < 4.78 is 0. The molecule has 2 N–H and O–H groups in total. The molecule has 0 atom stereocenters. The maximum atomic E-state index is 11.0. The van der Waals surface area contributed by atoms with Gasteiger partial charge in [-0.25, -0.2) is 0 Å². The van der Waals surface area contributed by atoms with Crippen molar-refractivity contribution in [1.82, 2.24) is 5.32 Å². The highest BCUT2D eigenvalue weighted by Crippen LogP contribution is 2.45. The number of carboxylic acids is 1. The van der Waals surface area contributed by atoms with Crippen molar-refractivity contribution in [3.8, 4) is 0 Å². The van der Waals surface area contributed by atoms with Crippen LogP contribution in [-0.4, -0.2) is 17.0 Å². The van der Waals surface area contributed by atoms with Crippen molar-refractivity contribution in [2.24, 2.45) is 5.41 Å². The number of aliphatic carboxylic acids is 1. The Morgan fingerprint density at radius 3 is 2.36 bits per heavy atom. The Labute approximate surface area is 63.9 Å². The molecule has 0 aromatic heterocycles. The predicted molar refractivity (Wildman–Crippen MR) is 37.6 cm³/mol. The lowest BCUT2D eigenvalue weighted by Crippen LogP contribution is -2.33. The van der Waals surface area contributed by atoms with Crippen LogP contribution in [0.2, 0.25) is 0 Å². The number of hydrogen-bond donors (Lipinski definition) is 2. The number of amides is 1. The Morgan fingerprint density at radius 2 is 2.09 bits per heavy atom. The molecule has 0 heterocycles.